The number of rotatable bonds is 7. The maximum Gasteiger partial charge on any atom is 0.277 e. The van der Waals surface area contributed by atoms with Crippen LogP contribution in [0.15, 0.2) is 29.1 Å². The Bertz CT molecular complexity index is 937. The highest BCUT2D eigenvalue weighted by Crippen LogP contribution is 2.15. The Hall–Kier alpha value is -2.63. The molecule has 26 heavy (non-hydrogen) atoms. The quantitative estimate of drug-likeness (QED) is 0.677. The highest BCUT2D eigenvalue weighted by atomic mass is 16.1. The Balaban J connectivity index is 1.78. The lowest BCUT2D eigenvalue weighted by Crippen LogP contribution is -2.22. The average molecular weight is 353 g/mol. The van der Waals surface area contributed by atoms with Crippen molar-refractivity contribution in [3.05, 3.63) is 57.0 Å². The molecule has 0 radical (unpaired) electrons. The van der Waals surface area contributed by atoms with Crippen molar-refractivity contribution in [3.8, 4) is 0 Å². The minimum Gasteiger partial charge on any atom is -0.351 e. The van der Waals surface area contributed by atoms with Crippen LogP contribution in [0.5, 0.6) is 0 Å². The normalized spacial score (nSPS) is 11.4. The van der Waals surface area contributed by atoms with Crippen LogP contribution in [0.4, 0.5) is 5.95 Å². The minimum absolute atomic E-state index is 0.0530. The van der Waals surface area contributed by atoms with Crippen molar-refractivity contribution < 1.29 is 0 Å². The summed E-state index contributed by atoms with van der Waals surface area (Å²) in [4.78, 5) is 21.5. The van der Waals surface area contributed by atoms with E-state index in [0.29, 0.717) is 24.2 Å². The first-order chi connectivity index (χ1) is 12.5. The number of anilines is 1. The van der Waals surface area contributed by atoms with Crippen LogP contribution in [-0.2, 0) is 13.0 Å². The summed E-state index contributed by atoms with van der Waals surface area (Å²) in [5.74, 6) is 1.48. The molecule has 2 N–H and O–H groups in total. The number of aromatic amines is 1. The van der Waals surface area contributed by atoms with E-state index in [-0.39, 0.29) is 5.56 Å². The molecule has 0 atom stereocenters. The zero-order valence-corrected chi connectivity index (χ0v) is 16.0. The van der Waals surface area contributed by atoms with E-state index in [9.17, 15) is 4.79 Å². The van der Waals surface area contributed by atoms with E-state index < -0.39 is 0 Å². The molecule has 0 amide bonds. The largest absolute Gasteiger partial charge is 0.351 e. The van der Waals surface area contributed by atoms with Gasteiger partial charge in [0.25, 0.3) is 11.3 Å². The standard InChI is InChI=1S/C20H27N5O/c1-5-6-7-17-14(4)22-20-23-19(24-25(20)18(17)26)21-12-15-8-10-16(11-9-15)13(2)3/h8-11,13H,5-7,12H2,1-4H3,(H2,21,22,23,24). The number of aryl methyl sites for hydroxylation is 1. The fourth-order valence-corrected chi connectivity index (χ4v) is 2.98. The van der Waals surface area contributed by atoms with Crippen LogP contribution < -0.4 is 10.9 Å². The van der Waals surface area contributed by atoms with Gasteiger partial charge in [-0.3, -0.25) is 9.89 Å². The highest BCUT2D eigenvalue weighted by molar-refractivity contribution is 5.39. The van der Waals surface area contributed by atoms with Crippen molar-refractivity contribution in [1.29, 1.82) is 0 Å². The van der Waals surface area contributed by atoms with Crippen LogP contribution in [0, 0.1) is 6.92 Å². The lowest BCUT2D eigenvalue weighted by Gasteiger charge is -2.07. The Morgan fingerprint density at radius 3 is 2.58 bits per heavy atom. The van der Waals surface area contributed by atoms with Crippen LogP contribution in [0.1, 0.15) is 61.9 Å². The van der Waals surface area contributed by atoms with Gasteiger partial charge in [0.15, 0.2) is 0 Å². The van der Waals surface area contributed by atoms with Crippen LogP contribution in [-0.4, -0.2) is 19.6 Å². The molecule has 3 aromatic rings. The second-order valence-electron chi connectivity index (χ2n) is 7.04. The molecule has 0 unspecified atom stereocenters. The summed E-state index contributed by atoms with van der Waals surface area (Å²) in [6, 6.07) is 8.52. The maximum absolute atomic E-state index is 12.7. The number of aromatic nitrogens is 4. The third kappa shape index (κ3) is 3.79. The van der Waals surface area contributed by atoms with Crippen LogP contribution in [0.2, 0.25) is 0 Å². The topological polar surface area (TPSA) is 75.1 Å². The van der Waals surface area contributed by atoms with Gasteiger partial charge in [-0.15, -0.1) is 0 Å². The van der Waals surface area contributed by atoms with Gasteiger partial charge >= 0.3 is 0 Å². The number of nitrogens with zero attached hydrogens (tertiary/aromatic N) is 3. The van der Waals surface area contributed by atoms with E-state index in [2.05, 4.69) is 65.4 Å². The zero-order valence-electron chi connectivity index (χ0n) is 16.0. The fourth-order valence-electron chi connectivity index (χ4n) is 2.98. The maximum atomic E-state index is 12.7. The summed E-state index contributed by atoms with van der Waals surface area (Å²) in [6.07, 6.45) is 2.78. The van der Waals surface area contributed by atoms with Crippen molar-refractivity contribution in [2.45, 2.75) is 59.4 Å². The lowest BCUT2D eigenvalue weighted by atomic mass is 10.0. The molecule has 1 aromatic carbocycles. The smallest absolute Gasteiger partial charge is 0.277 e. The van der Waals surface area contributed by atoms with Gasteiger partial charge in [-0.05, 0) is 36.8 Å². The first-order valence-corrected chi connectivity index (χ1v) is 9.30. The predicted molar refractivity (Wildman–Crippen MR) is 105 cm³/mol. The van der Waals surface area contributed by atoms with Gasteiger partial charge in [0, 0.05) is 12.1 Å². The summed E-state index contributed by atoms with van der Waals surface area (Å²) in [5.41, 5.74) is 3.97. The van der Waals surface area contributed by atoms with Gasteiger partial charge in [-0.2, -0.15) is 9.50 Å². The molecule has 0 spiro atoms. The van der Waals surface area contributed by atoms with Gasteiger partial charge in [-0.25, -0.2) is 4.98 Å². The Kier molecular flexibility index (Phi) is 5.40. The summed E-state index contributed by atoms with van der Waals surface area (Å²) in [5, 5.41) is 6.27. The summed E-state index contributed by atoms with van der Waals surface area (Å²) >= 11 is 0. The number of H-pyrrole nitrogens is 1. The third-order valence-corrected chi connectivity index (χ3v) is 4.68. The van der Waals surface area contributed by atoms with Crippen LogP contribution in [0.25, 0.3) is 5.78 Å². The van der Waals surface area contributed by atoms with E-state index >= 15 is 0 Å². The molecule has 0 aliphatic carbocycles. The molecule has 0 saturated carbocycles. The van der Waals surface area contributed by atoms with Crippen molar-refractivity contribution in [3.63, 3.8) is 0 Å². The minimum atomic E-state index is -0.0530. The van der Waals surface area contributed by atoms with Gasteiger partial charge in [0.1, 0.15) is 0 Å². The SMILES string of the molecule is CCCCc1c(C)nc2nc(NCc3ccc(C(C)C)cc3)[nH]n2c1=O. The molecule has 2 heterocycles. The highest BCUT2D eigenvalue weighted by Gasteiger charge is 2.12. The molecule has 3 rings (SSSR count). The number of nitrogens with one attached hydrogen (secondary N) is 2. The molecule has 2 aromatic heterocycles. The van der Waals surface area contributed by atoms with Crippen molar-refractivity contribution in [1.82, 2.24) is 19.6 Å². The number of unbranched alkanes of at least 4 members (excludes halogenated alkanes) is 1. The van der Waals surface area contributed by atoms with E-state index in [1.165, 1.54) is 10.1 Å². The van der Waals surface area contributed by atoms with Gasteiger partial charge in [-0.1, -0.05) is 51.5 Å². The molecule has 0 aliphatic heterocycles. The molecule has 0 bridgehead atoms. The predicted octanol–water partition coefficient (Wildman–Crippen LogP) is 3.80. The van der Waals surface area contributed by atoms with Gasteiger partial charge < -0.3 is 5.32 Å². The molecular formula is C20H27N5O. The van der Waals surface area contributed by atoms with Crippen molar-refractivity contribution >= 4 is 11.7 Å². The number of hydrogen-bond donors (Lipinski definition) is 2. The third-order valence-electron chi connectivity index (χ3n) is 4.68. The van der Waals surface area contributed by atoms with E-state index in [1.54, 1.807) is 0 Å². The first kappa shape index (κ1) is 18.2. The summed E-state index contributed by atoms with van der Waals surface area (Å²) in [6.45, 7) is 9.00. The monoisotopic (exact) mass is 353 g/mol. The molecule has 138 valence electrons. The molecular weight excluding hydrogens is 326 g/mol. The number of fused-ring (bicyclic) bond motifs is 1. The second kappa shape index (κ2) is 7.72. The van der Waals surface area contributed by atoms with Crippen LogP contribution >= 0.6 is 0 Å². The Labute approximate surface area is 153 Å². The Morgan fingerprint density at radius 2 is 1.92 bits per heavy atom. The number of hydrogen-bond acceptors (Lipinski definition) is 4. The molecule has 6 nitrogen and oxygen atoms in total. The molecule has 0 fully saturated rings. The lowest BCUT2D eigenvalue weighted by molar-refractivity contribution is 0.759. The van der Waals surface area contributed by atoms with Crippen LogP contribution in [0.3, 0.4) is 0 Å². The van der Waals surface area contributed by atoms with E-state index in [0.717, 1.165) is 36.1 Å². The summed E-state index contributed by atoms with van der Waals surface area (Å²) in [7, 11) is 0. The van der Waals surface area contributed by atoms with Gasteiger partial charge in [0.2, 0.25) is 5.95 Å². The van der Waals surface area contributed by atoms with Crippen molar-refractivity contribution in [2.24, 2.45) is 0 Å². The second-order valence-corrected chi connectivity index (χ2v) is 7.04. The van der Waals surface area contributed by atoms with E-state index in [4.69, 9.17) is 0 Å². The Morgan fingerprint density at radius 1 is 1.19 bits per heavy atom. The molecule has 6 heteroatoms. The first-order valence-electron chi connectivity index (χ1n) is 9.30. The van der Waals surface area contributed by atoms with E-state index in [1.807, 2.05) is 6.92 Å². The molecule has 0 saturated heterocycles. The summed E-state index contributed by atoms with van der Waals surface area (Å²) < 4.78 is 1.43. The average Bonchev–Trinajstić information content (AvgIpc) is 3.03. The molecule has 0 aliphatic rings. The van der Waals surface area contributed by atoms with Crippen molar-refractivity contribution in [2.75, 3.05) is 5.32 Å². The number of benzene rings is 1. The fraction of sp³-hybridized carbons (Fsp3) is 0.450. The zero-order chi connectivity index (χ0) is 18.7. The van der Waals surface area contributed by atoms with Gasteiger partial charge in [0.05, 0.1) is 5.69 Å².